The molecule has 1 saturated heterocycles. The molecule has 0 aromatic heterocycles. The van der Waals surface area contributed by atoms with Crippen molar-refractivity contribution in [3.63, 3.8) is 0 Å². The van der Waals surface area contributed by atoms with Crippen molar-refractivity contribution in [2.24, 2.45) is 0 Å². The molecule has 1 heterocycles. The first kappa shape index (κ1) is 16.6. The number of benzene rings is 1. The molecule has 1 aromatic carbocycles. The molecule has 1 amide bonds. The van der Waals surface area contributed by atoms with E-state index in [1.807, 2.05) is 25.1 Å². The van der Waals surface area contributed by atoms with Crippen molar-refractivity contribution < 1.29 is 14.3 Å². The van der Waals surface area contributed by atoms with Gasteiger partial charge in [0.15, 0.2) is 11.5 Å². The van der Waals surface area contributed by atoms with Crippen molar-refractivity contribution in [1.29, 1.82) is 0 Å². The van der Waals surface area contributed by atoms with Crippen molar-refractivity contribution in [2.75, 3.05) is 33.9 Å². The van der Waals surface area contributed by atoms with Gasteiger partial charge in [-0.3, -0.25) is 9.69 Å². The van der Waals surface area contributed by atoms with E-state index >= 15 is 0 Å². The third-order valence-corrected chi connectivity index (χ3v) is 4.25. The summed E-state index contributed by atoms with van der Waals surface area (Å²) in [7, 11) is 3.26. The Morgan fingerprint density at radius 3 is 2.64 bits per heavy atom. The molecule has 5 heteroatoms. The molecule has 5 nitrogen and oxygen atoms in total. The lowest BCUT2D eigenvalue weighted by atomic mass is 10.1. The van der Waals surface area contributed by atoms with Crippen LogP contribution in [0.3, 0.4) is 0 Å². The van der Waals surface area contributed by atoms with Crippen LogP contribution in [0, 0.1) is 0 Å². The van der Waals surface area contributed by atoms with Gasteiger partial charge in [0.2, 0.25) is 5.91 Å². The number of para-hydroxylation sites is 1. The third-order valence-electron chi connectivity index (χ3n) is 4.25. The first-order valence-electron chi connectivity index (χ1n) is 7.89. The van der Waals surface area contributed by atoms with Gasteiger partial charge in [0.25, 0.3) is 0 Å². The summed E-state index contributed by atoms with van der Waals surface area (Å²) in [5, 5.41) is 3.02. The first-order valence-corrected chi connectivity index (χ1v) is 7.89. The highest BCUT2D eigenvalue weighted by Crippen LogP contribution is 2.30. The lowest BCUT2D eigenvalue weighted by Crippen LogP contribution is -2.44. The van der Waals surface area contributed by atoms with Gasteiger partial charge in [-0.15, -0.1) is 0 Å². The lowest BCUT2D eigenvalue weighted by Gasteiger charge is -2.22. The van der Waals surface area contributed by atoms with E-state index in [0.717, 1.165) is 36.6 Å². The second kappa shape index (κ2) is 8.03. The summed E-state index contributed by atoms with van der Waals surface area (Å²) < 4.78 is 10.7. The van der Waals surface area contributed by atoms with Gasteiger partial charge in [-0.05, 0) is 50.9 Å². The van der Waals surface area contributed by atoms with Gasteiger partial charge >= 0.3 is 0 Å². The normalized spacial score (nSPS) is 16.3. The van der Waals surface area contributed by atoms with E-state index in [1.54, 1.807) is 14.2 Å². The Labute approximate surface area is 132 Å². The van der Waals surface area contributed by atoms with E-state index in [0.29, 0.717) is 6.54 Å². The van der Waals surface area contributed by atoms with Crippen molar-refractivity contribution in [1.82, 2.24) is 10.2 Å². The van der Waals surface area contributed by atoms with E-state index in [-0.39, 0.29) is 11.9 Å². The number of nitrogens with one attached hydrogen (secondary N) is 1. The second-order valence-corrected chi connectivity index (χ2v) is 5.61. The Morgan fingerprint density at radius 2 is 2.00 bits per heavy atom. The number of rotatable bonds is 7. The van der Waals surface area contributed by atoms with Crippen molar-refractivity contribution in [3.05, 3.63) is 23.8 Å². The molecule has 22 heavy (non-hydrogen) atoms. The van der Waals surface area contributed by atoms with Crippen LogP contribution in [0.1, 0.15) is 25.3 Å². The first-order chi connectivity index (χ1) is 10.7. The topological polar surface area (TPSA) is 50.8 Å². The molecule has 0 bridgehead atoms. The van der Waals surface area contributed by atoms with Crippen LogP contribution in [0.5, 0.6) is 11.5 Å². The monoisotopic (exact) mass is 306 g/mol. The van der Waals surface area contributed by atoms with Gasteiger partial charge in [-0.25, -0.2) is 0 Å². The highest BCUT2D eigenvalue weighted by Gasteiger charge is 2.23. The van der Waals surface area contributed by atoms with E-state index in [4.69, 9.17) is 9.47 Å². The van der Waals surface area contributed by atoms with Crippen LogP contribution in [-0.4, -0.2) is 50.7 Å². The maximum absolute atomic E-state index is 12.2. The van der Waals surface area contributed by atoms with E-state index < -0.39 is 0 Å². The molecule has 0 saturated carbocycles. The second-order valence-electron chi connectivity index (χ2n) is 5.61. The fourth-order valence-electron chi connectivity index (χ4n) is 2.91. The number of nitrogens with zero attached hydrogens (tertiary/aromatic N) is 1. The largest absolute Gasteiger partial charge is 0.493 e. The van der Waals surface area contributed by atoms with Gasteiger partial charge in [0.1, 0.15) is 0 Å². The Hall–Kier alpha value is -1.75. The molecule has 1 N–H and O–H groups in total. The zero-order chi connectivity index (χ0) is 15.9. The van der Waals surface area contributed by atoms with Crippen LogP contribution in [0.4, 0.5) is 0 Å². The molecule has 1 aliphatic heterocycles. The summed E-state index contributed by atoms with van der Waals surface area (Å²) in [5.74, 6) is 1.56. The summed E-state index contributed by atoms with van der Waals surface area (Å²) in [5.41, 5.74) is 1.04. The molecule has 1 aromatic rings. The number of carbonyl (C=O) groups excluding carboxylic acids is 1. The summed E-state index contributed by atoms with van der Waals surface area (Å²) >= 11 is 0. The summed E-state index contributed by atoms with van der Waals surface area (Å²) in [6.07, 6.45) is 3.11. The maximum Gasteiger partial charge on any atom is 0.237 e. The highest BCUT2D eigenvalue weighted by molar-refractivity contribution is 5.81. The van der Waals surface area contributed by atoms with Gasteiger partial charge in [0, 0.05) is 6.54 Å². The fourth-order valence-corrected chi connectivity index (χ4v) is 2.91. The van der Waals surface area contributed by atoms with Gasteiger partial charge in [0.05, 0.1) is 20.3 Å². The van der Waals surface area contributed by atoms with Crippen molar-refractivity contribution in [3.8, 4) is 11.5 Å². The number of hydrogen-bond donors (Lipinski definition) is 1. The summed E-state index contributed by atoms with van der Waals surface area (Å²) in [6, 6.07) is 5.76. The number of carbonyl (C=O) groups is 1. The van der Waals surface area contributed by atoms with Crippen molar-refractivity contribution >= 4 is 5.91 Å². The molecule has 1 fully saturated rings. The molecule has 0 unspecified atom stereocenters. The average molecular weight is 306 g/mol. The zero-order valence-corrected chi connectivity index (χ0v) is 13.7. The van der Waals surface area contributed by atoms with Gasteiger partial charge < -0.3 is 14.8 Å². The number of amides is 1. The van der Waals surface area contributed by atoms with E-state index in [2.05, 4.69) is 10.2 Å². The fraction of sp³-hybridized carbons (Fsp3) is 0.588. The van der Waals surface area contributed by atoms with Gasteiger partial charge in [-0.1, -0.05) is 12.1 Å². The van der Waals surface area contributed by atoms with E-state index in [9.17, 15) is 4.79 Å². The van der Waals surface area contributed by atoms with Gasteiger partial charge in [-0.2, -0.15) is 0 Å². The highest BCUT2D eigenvalue weighted by atomic mass is 16.5. The molecule has 1 aliphatic rings. The Bertz CT molecular complexity index is 499. The molecular formula is C17H26N2O3. The number of methoxy groups -OCH3 is 2. The Balaban J connectivity index is 1.87. The minimum absolute atomic E-state index is 0.0466. The third kappa shape index (κ3) is 3.91. The van der Waals surface area contributed by atoms with Crippen LogP contribution in [0.15, 0.2) is 18.2 Å². The van der Waals surface area contributed by atoms with Crippen molar-refractivity contribution in [2.45, 2.75) is 32.2 Å². The Morgan fingerprint density at radius 1 is 1.27 bits per heavy atom. The van der Waals surface area contributed by atoms with Crippen LogP contribution in [0.25, 0.3) is 0 Å². The minimum atomic E-state index is -0.0466. The average Bonchev–Trinajstić information content (AvgIpc) is 3.08. The molecule has 1 atom stereocenters. The Kier molecular flexibility index (Phi) is 6.07. The standard InChI is InChI=1S/C17H26N2O3/c1-13(19-11-4-5-12-19)17(20)18-10-9-14-7-6-8-15(21-2)16(14)22-3/h6-8,13H,4-5,9-12H2,1-3H3,(H,18,20)/t13-/m0/s1. The van der Waals surface area contributed by atoms with Crippen LogP contribution in [-0.2, 0) is 11.2 Å². The molecule has 0 aliphatic carbocycles. The minimum Gasteiger partial charge on any atom is -0.493 e. The van der Waals surface area contributed by atoms with Crippen LogP contribution < -0.4 is 14.8 Å². The molecular weight excluding hydrogens is 280 g/mol. The summed E-state index contributed by atoms with van der Waals surface area (Å²) in [4.78, 5) is 14.4. The number of ether oxygens (including phenoxy) is 2. The smallest absolute Gasteiger partial charge is 0.237 e. The predicted octanol–water partition coefficient (Wildman–Crippen LogP) is 1.85. The molecule has 0 spiro atoms. The van der Waals surface area contributed by atoms with Crippen LogP contribution in [0.2, 0.25) is 0 Å². The molecule has 122 valence electrons. The molecule has 0 radical (unpaired) electrons. The maximum atomic E-state index is 12.2. The molecule has 2 rings (SSSR count). The lowest BCUT2D eigenvalue weighted by molar-refractivity contribution is -0.125. The zero-order valence-electron chi connectivity index (χ0n) is 13.7. The van der Waals surface area contributed by atoms with E-state index in [1.165, 1.54) is 12.8 Å². The SMILES string of the molecule is COc1cccc(CCNC(=O)[C@H](C)N2CCCC2)c1OC. The quantitative estimate of drug-likeness (QED) is 0.835. The van der Waals surface area contributed by atoms with Crippen LogP contribution >= 0.6 is 0 Å². The summed E-state index contributed by atoms with van der Waals surface area (Å²) in [6.45, 7) is 4.63. The number of hydrogen-bond acceptors (Lipinski definition) is 4. The predicted molar refractivity (Wildman–Crippen MR) is 86.5 cm³/mol. The number of likely N-dealkylation sites (tertiary alicyclic amines) is 1.